The van der Waals surface area contributed by atoms with Gasteiger partial charge in [0, 0.05) is 11.3 Å². The highest BCUT2D eigenvalue weighted by atomic mass is 35.5. The molecule has 2 N–H and O–H groups in total. The molecule has 0 saturated carbocycles. The maximum absolute atomic E-state index is 13.1. The number of nitrogens with one attached hydrogen (secondary N) is 2. The highest BCUT2D eigenvalue weighted by Crippen LogP contribution is 2.32. The molecule has 2 aromatic carbocycles. The minimum Gasteiger partial charge on any atom is -0.462 e. The number of anilines is 3. The Balaban J connectivity index is 1.52. The summed E-state index contributed by atoms with van der Waals surface area (Å²) in [6.07, 6.45) is 0. The van der Waals surface area contributed by atoms with Gasteiger partial charge in [0.25, 0.3) is 17.7 Å². The second kappa shape index (κ2) is 10.5. The molecule has 1 aliphatic rings. The Bertz CT molecular complexity index is 1480. The first kappa shape index (κ1) is 26.1. The van der Waals surface area contributed by atoms with Crippen LogP contribution in [0.3, 0.4) is 0 Å². The molecule has 0 fully saturated rings. The van der Waals surface area contributed by atoms with Crippen LogP contribution >= 0.6 is 22.9 Å². The maximum Gasteiger partial charge on any atom is 0.350 e. The standard InChI is InChI=1S/C26H23ClN4O5S/c1-5-36-25(35)21-15(4)28-26(37-21)30-22(32)16-7-6-8-17(12-16)29-20-19(27)23(33)31(24(20)34)18-10-9-13(2)11-14(18)3/h6-12,29H,5H2,1-4H3,(H,28,30,32). The average molecular weight is 539 g/mol. The van der Waals surface area contributed by atoms with Crippen molar-refractivity contribution in [2.45, 2.75) is 27.7 Å². The molecule has 1 aromatic heterocycles. The summed E-state index contributed by atoms with van der Waals surface area (Å²) in [6.45, 7) is 7.32. The quantitative estimate of drug-likeness (QED) is 0.323. The lowest BCUT2D eigenvalue weighted by Gasteiger charge is -2.18. The molecular weight excluding hydrogens is 516 g/mol. The van der Waals surface area contributed by atoms with E-state index in [1.165, 1.54) is 6.07 Å². The van der Waals surface area contributed by atoms with Gasteiger partial charge in [0.1, 0.15) is 15.6 Å². The van der Waals surface area contributed by atoms with Crippen LogP contribution in [0.1, 0.15) is 43.8 Å². The number of aryl methyl sites for hydroxylation is 3. The van der Waals surface area contributed by atoms with E-state index in [0.717, 1.165) is 27.4 Å². The Labute approximate surface area is 222 Å². The van der Waals surface area contributed by atoms with Crippen LogP contribution in [0.4, 0.5) is 16.5 Å². The van der Waals surface area contributed by atoms with Crippen LogP contribution in [0.15, 0.2) is 53.2 Å². The fourth-order valence-corrected chi connectivity index (χ4v) is 4.84. The normalized spacial score (nSPS) is 13.3. The van der Waals surface area contributed by atoms with E-state index < -0.39 is 23.7 Å². The first-order valence-corrected chi connectivity index (χ1v) is 12.5. The molecule has 0 aliphatic carbocycles. The molecule has 0 atom stereocenters. The molecule has 190 valence electrons. The van der Waals surface area contributed by atoms with Gasteiger partial charge >= 0.3 is 5.97 Å². The summed E-state index contributed by atoms with van der Waals surface area (Å²) in [6, 6.07) is 11.7. The predicted molar refractivity (Wildman–Crippen MR) is 142 cm³/mol. The minimum atomic E-state index is -0.633. The topological polar surface area (TPSA) is 118 Å². The Hall–Kier alpha value is -4.02. The van der Waals surface area contributed by atoms with Crippen molar-refractivity contribution in [3.05, 3.63) is 80.5 Å². The Morgan fingerprint density at radius 1 is 1.08 bits per heavy atom. The van der Waals surface area contributed by atoms with Gasteiger partial charge in [0.15, 0.2) is 5.13 Å². The van der Waals surface area contributed by atoms with Gasteiger partial charge in [0.05, 0.1) is 18.0 Å². The predicted octanol–water partition coefficient (Wildman–Crippen LogP) is 4.93. The summed E-state index contributed by atoms with van der Waals surface area (Å²) >= 11 is 7.27. The molecule has 3 amide bonds. The van der Waals surface area contributed by atoms with Gasteiger partial charge in [-0.3, -0.25) is 19.7 Å². The van der Waals surface area contributed by atoms with Gasteiger partial charge in [-0.1, -0.05) is 46.7 Å². The second-order valence-corrected chi connectivity index (χ2v) is 9.62. The summed E-state index contributed by atoms with van der Waals surface area (Å²) < 4.78 is 5.00. The number of carbonyl (C=O) groups is 4. The maximum atomic E-state index is 13.1. The lowest BCUT2D eigenvalue weighted by molar-refractivity contribution is -0.120. The molecule has 9 nitrogen and oxygen atoms in total. The first-order chi connectivity index (χ1) is 17.6. The number of hydrogen-bond donors (Lipinski definition) is 2. The van der Waals surface area contributed by atoms with E-state index in [2.05, 4.69) is 15.6 Å². The zero-order valence-electron chi connectivity index (χ0n) is 20.5. The third-order valence-electron chi connectivity index (χ3n) is 5.49. The lowest BCUT2D eigenvalue weighted by atomic mass is 10.1. The number of nitrogens with zero attached hydrogens (tertiary/aromatic N) is 2. The van der Waals surface area contributed by atoms with Crippen molar-refractivity contribution in [1.29, 1.82) is 0 Å². The Morgan fingerprint density at radius 3 is 2.54 bits per heavy atom. The zero-order chi connectivity index (χ0) is 26.9. The van der Waals surface area contributed by atoms with Gasteiger partial charge < -0.3 is 10.1 Å². The zero-order valence-corrected chi connectivity index (χ0v) is 22.0. The van der Waals surface area contributed by atoms with Gasteiger partial charge in [0.2, 0.25) is 0 Å². The van der Waals surface area contributed by atoms with E-state index in [-0.39, 0.29) is 28.0 Å². The lowest BCUT2D eigenvalue weighted by Crippen LogP contribution is -2.32. The number of benzene rings is 2. The molecular formula is C26H23ClN4O5S. The summed E-state index contributed by atoms with van der Waals surface area (Å²) in [5.74, 6) is -2.20. The van der Waals surface area contributed by atoms with Crippen LogP contribution in [-0.2, 0) is 14.3 Å². The average Bonchev–Trinajstić information content (AvgIpc) is 3.32. The van der Waals surface area contributed by atoms with Crippen molar-refractivity contribution in [1.82, 2.24) is 4.98 Å². The van der Waals surface area contributed by atoms with E-state index >= 15 is 0 Å². The molecule has 4 rings (SSSR count). The van der Waals surface area contributed by atoms with Crippen molar-refractivity contribution in [3.8, 4) is 0 Å². The molecule has 0 radical (unpaired) electrons. The van der Waals surface area contributed by atoms with E-state index in [4.69, 9.17) is 16.3 Å². The highest BCUT2D eigenvalue weighted by Gasteiger charge is 2.39. The number of imide groups is 1. The first-order valence-electron chi connectivity index (χ1n) is 11.3. The number of hydrogen-bond acceptors (Lipinski definition) is 8. The van der Waals surface area contributed by atoms with E-state index in [0.29, 0.717) is 21.9 Å². The van der Waals surface area contributed by atoms with Crippen molar-refractivity contribution in [3.63, 3.8) is 0 Å². The summed E-state index contributed by atoms with van der Waals surface area (Å²) in [7, 11) is 0. The van der Waals surface area contributed by atoms with Crippen LogP contribution in [0.25, 0.3) is 0 Å². The molecule has 0 spiro atoms. The molecule has 1 aliphatic heterocycles. The summed E-state index contributed by atoms with van der Waals surface area (Å²) in [5.41, 5.74) is 3.21. The summed E-state index contributed by atoms with van der Waals surface area (Å²) in [4.78, 5) is 56.4. The number of carbonyl (C=O) groups excluding carboxylic acids is 4. The van der Waals surface area contributed by atoms with Gasteiger partial charge in [-0.05, 0) is 57.5 Å². The highest BCUT2D eigenvalue weighted by molar-refractivity contribution is 7.17. The van der Waals surface area contributed by atoms with E-state index in [1.807, 2.05) is 26.0 Å². The van der Waals surface area contributed by atoms with Crippen LogP contribution in [0, 0.1) is 20.8 Å². The van der Waals surface area contributed by atoms with Crippen LogP contribution in [0.2, 0.25) is 0 Å². The SMILES string of the molecule is CCOC(=O)c1sc(NC(=O)c2cccc(NC3=C(Cl)C(=O)N(c4ccc(C)cc4C)C3=O)c2)nc1C. The molecule has 0 bridgehead atoms. The van der Waals surface area contributed by atoms with Crippen LogP contribution in [-0.4, -0.2) is 35.3 Å². The van der Waals surface area contributed by atoms with Gasteiger partial charge in [-0.25, -0.2) is 14.7 Å². The number of aromatic nitrogens is 1. The largest absolute Gasteiger partial charge is 0.462 e. The van der Waals surface area contributed by atoms with Gasteiger partial charge in [-0.2, -0.15) is 0 Å². The number of halogens is 1. The third-order valence-corrected chi connectivity index (χ3v) is 6.90. The van der Waals surface area contributed by atoms with Crippen molar-refractivity contribution in [2.75, 3.05) is 22.1 Å². The third kappa shape index (κ3) is 5.25. The molecule has 37 heavy (non-hydrogen) atoms. The molecule has 11 heteroatoms. The molecule has 0 saturated heterocycles. The summed E-state index contributed by atoms with van der Waals surface area (Å²) in [5, 5.41) is 5.55. The Kier molecular flexibility index (Phi) is 7.42. The smallest absolute Gasteiger partial charge is 0.350 e. The molecule has 0 unspecified atom stereocenters. The van der Waals surface area contributed by atoms with Crippen LogP contribution < -0.4 is 15.5 Å². The number of esters is 1. The minimum absolute atomic E-state index is 0.0844. The van der Waals surface area contributed by atoms with Gasteiger partial charge in [-0.15, -0.1) is 0 Å². The number of amides is 3. The number of rotatable bonds is 7. The monoisotopic (exact) mass is 538 g/mol. The Morgan fingerprint density at radius 2 is 1.84 bits per heavy atom. The fraction of sp³-hybridized carbons (Fsp3) is 0.192. The molecule has 2 heterocycles. The van der Waals surface area contributed by atoms with Crippen LogP contribution in [0.5, 0.6) is 0 Å². The number of thiazole rings is 1. The van der Waals surface area contributed by atoms with Crippen molar-refractivity contribution >= 4 is 63.1 Å². The van der Waals surface area contributed by atoms with Crippen molar-refractivity contribution < 1.29 is 23.9 Å². The van der Waals surface area contributed by atoms with E-state index in [1.54, 1.807) is 38.1 Å². The molecule has 3 aromatic rings. The fourth-order valence-electron chi connectivity index (χ4n) is 3.77. The number of ether oxygens (including phenoxy) is 1. The van der Waals surface area contributed by atoms with Crippen molar-refractivity contribution in [2.24, 2.45) is 0 Å². The second-order valence-electron chi connectivity index (χ2n) is 8.24. The van der Waals surface area contributed by atoms with E-state index in [9.17, 15) is 19.2 Å².